The number of amides is 1. The summed E-state index contributed by atoms with van der Waals surface area (Å²) >= 11 is 0. The second-order valence-corrected chi connectivity index (χ2v) is 8.34. The third-order valence-corrected chi connectivity index (χ3v) is 5.57. The molecule has 2 aromatic rings. The number of sulfonamides is 1. The molecule has 0 bridgehead atoms. The maximum absolute atomic E-state index is 13.0. The van der Waals surface area contributed by atoms with E-state index in [4.69, 9.17) is 9.47 Å². The van der Waals surface area contributed by atoms with Crippen molar-refractivity contribution >= 4 is 21.6 Å². The van der Waals surface area contributed by atoms with Gasteiger partial charge in [0, 0.05) is 19.7 Å². The van der Waals surface area contributed by atoms with E-state index in [1.165, 1.54) is 12.0 Å². The van der Waals surface area contributed by atoms with Crippen molar-refractivity contribution in [2.75, 3.05) is 31.8 Å². The first-order chi connectivity index (χ1) is 13.2. The highest BCUT2D eigenvalue weighted by Gasteiger charge is 2.31. The van der Waals surface area contributed by atoms with Crippen LogP contribution in [0.3, 0.4) is 0 Å². The van der Waals surface area contributed by atoms with Crippen LogP contribution in [0, 0.1) is 0 Å². The van der Waals surface area contributed by atoms with Crippen LogP contribution in [0.5, 0.6) is 11.5 Å². The first kappa shape index (κ1) is 21.6. The second kappa shape index (κ2) is 8.97. The lowest BCUT2D eigenvalue weighted by molar-refractivity contribution is -0.131. The number of methoxy groups -OCH3 is 2. The Kier molecular flexibility index (Phi) is 6.90. The highest BCUT2D eigenvalue weighted by atomic mass is 32.2. The van der Waals surface area contributed by atoms with E-state index in [1.807, 2.05) is 24.3 Å². The van der Waals surface area contributed by atoms with Gasteiger partial charge in [-0.05, 0) is 36.8 Å². The fourth-order valence-electron chi connectivity index (χ4n) is 2.95. The summed E-state index contributed by atoms with van der Waals surface area (Å²) in [7, 11) is 1.05. The molecule has 8 heteroatoms. The van der Waals surface area contributed by atoms with Crippen molar-refractivity contribution in [2.24, 2.45) is 0 Å². The first-order valence-electron chi connectivity index (χ1n) is 8.68. The summed E-state index contributed by atoms with van der Waals surface area (Å²) in [5.41, 5.74) is 1.29. The minimum Gasteiger partial charge on any atom is -0.497 e. The minimum absolute atomic E-state index is 0.316. The molecule has 28 heavy (non-hydrogen) atoms. The molecule has 0 N–H and O–H groups in total. The normalized spacial score (nSPS) is 12.2. The van der Waals surface area contributed by atoms with E-state index < -0.39 is 16.1 Å². The molecule has 2 aromatic carbocycles. The van der Waals surface area contributed by atoms with Crippen LogP contribution in [0.15, 0.2) is 48.5 Å². The topological polar surface area (TPSA) is 76.2 Å². The van der Waals surface area contributed by atoms with Crippen LogP contribution >= 0.6 is 0 Å². The second-order valence-electron chi connectivity index (χ2n) is 6.48. The van der Waals surface area contributed by atoms with Crippen molar-refractivity contribution in [1.82, 2.24) is 4.90 Å². The average Bonchev–Trinajstić information content (AvgIpc) is 2.67. The van der Waals surface area contributed by atoms with Crippen LogP contribution in [0.4, 0.5) is 5.69 Å². The Bertz CT molecular complexity index is 912. The van der Waals surface area contributed by atoms with E-state index in [1.54, 1.807) is 45.3 Å². The quantitative estimate of drug-likeness (QED) is 0.673. The third kappa shape index (κ3) is 5.16. The molecule has 0 unspecified atom stereocenters. The van der Waals surface area contributed by atoms with Crippen LogP contribution in [-0.2, 0) is 21.4 Å². The number of benzene rings is 2. The molecule has 0 heterocycles. The molecule has 2 rings (SSSR count). The van der Waals surface area contributed by atoms with E-state index in [-0.39, 0.29) is 5.91 Å². The molecule has 0 radical (unpaired) electrons. The molecule has 7 nitrogen and oxygen atoms in total. The van der Waals surface area contributed by atoms with Crippen LogP contribution in [0.25, 0.3) is 0 Å². The predicted octanol–water partition coefficient (Wildman–Crippen LogP) is 2.52. The number of rotatable bonds is 8. The summed E-state index contributed by atoms with van der Waals surface area (Å²) in [4.78, 5) is 14.5. The Morgan fingerprint density at radius 3 is 2.18 bits per heavy atom. The highest BCUT2D eigenvalue weighted by Crippen LogP contribution is 2.26. The van der Waals surface area contributed by atoms with Crippen molar-refractivity contribution in [3.05, 3.63) is 54.1 Å². The smallest absolute Gasteiger partial charge is 0.246 e. The molecule has 1 atom stereocenters. The molecule has 0 saturated carbocycles. The molecule has 0 aliphatic rings. The van der Waals surface area contributed by atoms with Gasteiger partial charge in [0.05, 0.1) is 26.2 Å². The molecular formula is C20H26N2O5S. The predicted molar refractivity (Wildman–Crippen MR) is 109 cm³/mol. The van der Waals surface area contributed by atoms with Gasteiger partial charge in [-0.15, -0.1) is 0 Å². The van der Waals surface area contributed by atoms with Crippen molar-refractivity contribution in [3.63, 3.8) is 0 Å². The summed E-state index contributed by atoms with van der Waals surface area (Å²) in [6.45, 7) is 1.93. The summed E-state index contributed by atoms with van der Waals surface area (Å²) in [5.74, 6) is 0.925. The van der Waals surface area contributed by atoms with E-state index >= 15 is 0 Å². The number of hydrogen-bond acceptors (Lipinski definition) is 5. The Labute approximate surface area is 166 Å². The molecule has 0 fully saturated rings. The van der Waals surface area contributed by atoms with Gasteiger partial charge in [0.1, 0.15) is 17.5 Å². The molecule has 0 aliphatic carbocycles. The fraction of sp³-hybridized carbons (Fsp3) is 0.350. The van der Waals surface area contributed by atoms with E-state index in [0.717, 1.165) is 21.9 Å². The summed E-state index contributed by atoms with van der Waals surface area (Å²) in [5, 5.41) is 0. The molecule has 0 saturated heterocycles. The van der Waals surface area contributed by atoms with E-state index in [0.29, 0.717) is 18.0 Å². The molecule has 1 amide bonds. The zero-order valence-electron chi connectivity index (χ0n) is 16.7. The standard InChI is InChI=1S/C20H26N2O5S/c1-15(20(23)21(2)14-16-9-11-18(26-3)12-10-16)22(28(5,24)25)17-7-6-8-19(13-17)27-4/h6-13,15H,14H2,1-5H3/t15-/m1/s1. The van der Waals surface area contributed by atoms with Gasteiger partial charge >= 0.3 is 0 Å². The third-order valence-electron chi connectivity index (χ3n) is 4.33. The van der Waals surface area contributed by atoms with E-state index in [9.17, 15) is 13.2 Å². The summed E-state index contributed by atoms with van der Waals surface area (Å²) in [6, 6.07) is 13.1. The number of ether oxygens (including phenoxy) is 2. The van der Waals surface area contributed by atoms with Crippen molar-refractivity contribution < 1.29 is 22.7 Å². The zero-order valence-corrected chi connectivity index (χ0v) is 17.6. The largest absolute Gasteiger partial charge is 0.497 e. The fourth-order valence-corrected chi connectivity index (χ4v) is 4.11. The monoisotopic (exact) mass is 406 g/mol. The van der Waals surface area contributed by atoms with Gasteiger partial charge in [-0.2, -0.15) is 0 Å². The zero-order chi connectivity index (χ0) is 20.9. The molecule has 0 spiro atoms. The van der Waals surface area contributed by atoms with E-state index in [2.05, 4.69) is 0 Å². The molecular weight excluding hydrogens is 380 g/mol. The average molecular weight is 407 g/mol. The van der Waals surface area contributed by atoms with Crippen LogP contribution in [-0.4, -0.2) is 52.8 Å². The maximum Gasteiger partial charge on any atom is 0.246 e. The Morgan fingerprint density at radius 1 is 1.04 bits per heavy atom. The number of carbonyl (C=O) groups excluding carboxylic acids is 1. The Hall–Kier alpha value is -2.74. The van der Waals surface area contributed by atoms with Gasteiger partial charge < -0.3 is 14.4 Å². The number of hydrogen-bond donors (Lipinski definition) is 0. The Morgan fingerprint density at radius 2 is 1.64 bits per heavy atom. The number of anilines is 1. The highest BCUT2D eigenvalue weighted by molar-refractivity contribution is 7.92. The number of carbonyl (C=O) groups is 1. The van der Waals surface area contributed by atoms with Gasteiger partial charge in [-0.1, -0.05) is 18.2 Å². The van der Waals surface area contributed by atoms with Gasteiger partial charge in [0.15, 0.2) is 0 Å². The van der Waals surface area contributed by atoms with Gasteiger partial charge in [-0.25, -0.2) is 8.42 Å². The number of nitrogens with zero attached hydrogens (tertiary/aromatic N) is 2. The molecule has 0 aromatic heterocycles. The Balaban J connectivity index is 2.24. The number of likely N-dealkylation sites (N-methyl/N-ethyl adjacent to an activating group) is 1. The lowest BCUT2D eigenvalue weighted by Gasteiger charge is -2.31. The van der Waals surface area contributed by atoms with Gasteiger partial charge in [0.2, 0.25) is 15.9 Å². The lowest BCUT2D eigenvalue weighted by atomic mass is 10.2. The van der Waals surface area contributed by atoms with Crippen LogP contribution in [0.2, 0.25) is 0 Å². The van der Waals surface area contributed by atoms with Crippen molar-refractivity contribution in [3.8, 4) is 11.5 Å². The molecule has 0 aliphatic heterocycles. The SMILES string of the molecule is COc1ccc(CN(C)C(=O)[C@@H](C)N(c2cccc(OC)c2)S(C)(=O)=O)cc1. The van der Waals surface area contributed by atoms with Crippen LogP contribution in [0.1, 0.15) is 12.5 Å². The van der Waals surface area contributed by atoms with Gasteiger partial charge in [-0.3, -0.25) is 9.10 Å². The van der Waals surface area contributed by atoms with Crippen molar-refractivity contribution in [1.29, 1.82) is 0 Å². The van der Waals surface area contributed by atoms with Crippen LogP contribution < -0.4 is 13.8 Å². The van der Waals surface area contributed by atoms with Gasteiger partial charge in [0.25, 0.3) is 0 Å². The summed E-state index contributed by atoms with van der Waals surface area (Å²) in [6.07, 6.45) is 1.08. The first-order valence-corrected chi connectivity index (χ1v) is 10.5. The maximum atomic E-state index is 13.0. The summed E-state index contributed by atoms with van der Waals surface area (Å²) < 4.78 is 36.3. The van der Waals surface area contributed by atoms with Crippen molar-refractivity contribution in [2.45, 2.75) is 19.5 Å². The minimum atomic E-state index is -3.69. The molecule has 152 valence electrons. The lowest BCUT2D eigenvalue weighted by Crippen LogP contribution is -2.48.